The second-order valence-corrected chi connectivity index (χ2v) is 3.58. The van der Waals surface area contributed by atoms with Crippen LogP contribution in [0.25, 0.3) is 0 Å². The van der Waals surface area contributed by atoms with E-state index in [1.807, 2.05) is 0 Å². The lowest BCUT2D eigenvalue weighted by molar-refractivity contribution is 0.0523. The number of carbonyl (C=O) groups excluding carboxylic acids is 1. The molecule has 80 valence electrons. The highest BCUT2D eigenvalue weighted by atomic mass is 19.1. The van der Waals surface area contributed by atoms with E-state index in [-0.39, 0.29) is 5.56 Å². The van der Waals surface area contributed by atoms with Crippen molar-refractivity contribution in [2.75, 3.05) is 6.61 Å². The molecule has 1 aromatic heterocycles. The Morgan fingerprint density at radius 3 is 3.00 bits per heavy atom. The van der Waals surface area contributed by atoms with Gasteiger partial charge in [0.15, 0.2) is 0 Å². The average Bonchev–Trinajstić information content (AvgIpc) is 3.01. The summed E-state index contributed by atoms with van der Waals surface area (Å²) in [6.07, 6.45) is 3.19. The van der Waals surface area contributed by atoms with Gasteiger partial charge in [-0.3, -0.25) is 4.98 Å². The SMILES string of the molecule is CCOC(=O)c1cc(F)cnc1C1CC1. The van der Waals surface area contributed by atoms with Crippen LogP contribution in [0.4, 0.5) is 4.39 Å². The maximum Gasteiger partial charge on any atom is 0.340 e. The van der Waals surface area contributed by atoms with Crippen LogP contribution in [0.5, 0.6) is 0 Å². The minimum Gasteiger partial charge on any atom is -0.462 e. The van der Waals surface area contributed by atoms with Crippen LogP contribution in [0, 0.1) is 5.82 Å². The smallest absolute Gasteiger partial charge is 0.340 e. The molecular weight excluding hydrogens is 197 g/mol. The molecule has 0 aliphatic heterocycles. The number of hydrogen-bond donors (Lipinski definition) is 0. The van der Waals surface area contributed by atoms with Crippen molar-refractivity contribution in [3.05, 3.63) is 29.3 Å². The first kappa shape index (κ1) is 10.1. The molecule has 3 nitrogen and oxygen atoms in total. The first-order valence-electron chi connectivity index (χ1n) is 5.05. The number of pyridine rings is 1. The fourth-order valence-electron chi connectivity index (χ4n) is 1.50. The summed E-state index contributed by atoms with van der Waals surface area (Å²) in [5, 5.41) is 0. The quantitative estimate of drug-likeness (QED) is 0.717. The third kappa shape index (κ3) is 2.14. The lowest BCUT2D eigenvalue weighted by Crippen LogP contribution is -2.09. The molecule has 15 heavy (non-hydrogen) atoms. The van der Waals surface area contributed by atoms with Gasteiger partial charge in [-0.1, -0.05) is 0 Å². The van der Waals surface area contributed by atoms with Crippen molar-refractivity contribution < 1.29 is 13.9 Å². The Bertz CT molecular complexity index is 388. The molecule has 0 atom stereocenters. The topological polar surface area (TPSA) is 39.2 Å². The predicted octanol–water partition coefficient (Wildman–Crippen LogP) is 2.27. The molecule has 4 heteroatoms. The largest absolute Gasteiger partial charge is 0.462 e. The van der Waals surface area contributed by atoms with Crippen molar-refractivity contribution in [2.45, 2.75) is 25.7 Å². The molecule has 0 radical (unpaired) electrons. The summed E-state index contributed by atoms with van der Waals surface area (Å²) in [4.78, 5) is 15.5. The van der Waals surface area contributed by atoms with Crippen LogP contribution in [0.2, 0.25) is 0 Å². The molecule has 0 bridgehead atoms. The molecule has 0 unspecified atom stereocenters. The van der Waals surface area contributed by atoms with E-state index in [1.54, 1.807) is 6.92 Å². The molecule has 2 rings (SSSR count). The van der Waals surface area contributed by atoms with Gasteiger partial charge < -0.3 is 4.74 Å². The Balaban J connectivity index is 2.33. The van der Waals surface area contributed by atoms with Crippen molar-refractivity contribution in [1.82, 2.24) is 4.98 Å². The molecule has 0 spiro atoms. The molecule has 1 aromatic rings. The van der Waals surface area contributed by atoms with E-state index < -0.39 is 11.8 Å². The highest BCUT2D eigenvalue weighted by molar-refractivity contribution is 5.90. The predicted molar refractivity (Wildman–Crippen MR) is 52.1 cm³/mol. The third-order valence-corrected chi connectivity index (χ3v) is 2.34. The highest BCUT2D eigenvalue weighted by Gasteiger charge is 2.30. The minimum atomic E-state index is -0.498. The molecule has 1 aliphatic carbocycles. The molecule has 0 saturated heterocycles. The number of hydrogen-bond acceptors (Lipinski definition) is 3. The van der Waals surface area contributed by atoms with E-state index in [1.165, 1.54) is 6.07 Å². The van der Waals surface area contributed by atoms with Crippen molar-refractivity contribution >= 4 is 5.97 Å². The zero-order valence-electron chi connectivity index (χ0n) is 8.50. The first-order chi connectivity index (χ1) is 7.22. The fraction of sp³-hybridized carbons (Fsp3) is 0.455. The number of halogens is 1. The van der Waals surface area contributed by atoms with Crippen molar-refractivity contribution in [3.63, 3.8) is 0 Å². The van der Waals surface area contributed by atoms with Crippen LogP contribution in [0.1, 0.15) is 41.7 Å². The number of rotatable bonds is 3. The summed E-state index contributed by atoms with van der Waals surface area (Å²) < 4.78 is 17.8. The maximum atomic E-state index is 13.0. The first-order valence-corrected chi connectivity index (χ1v) is 5.05. The number of nitrogens with zero attached hydrogens (tertiary/aromatic N) is 1. The second kappa shape index (κ2) is 3.96. The number of esters is 1. The van der Waals surface area contributed by atoms with Crippen LogP contribution in [0.15, 0.2) is 12.3 Å². The molecule has 1 aliphatic rings. The zero-order valence-corrected chi connectivity index (χ0v) is 8.50. The highest BCUT2D eigenvalue weighted by Crippen LogP contribution is 2.40. The van der Waals surface area contributed by atoms with Gasteiger partial charge in [-0.15, -0.1) is 0 Å². The molecule has 0 N–H and O–H groups in total. The Labute approximate surface area is 87.3 Å². The molecule has 0 amide bonds. The van der Waals surface area contributed by atoms with Gasteiger partial charge in [0.1, 0.15) is 5.82 Å². The molecule has 0 aromatic carbocycles. The maximum absolute atomic E-state index is 13.0. The van der Waals surface area contributed by atoms with Crippen LogP contribution >= 0.6 is 0 Å². The van der Waals surface area contributed by atoms with Crippen LogP contribution in [0.3, 0.4) is 0 Å². The molecular formula is C11H12FNO2. The van der Waals surface area contributed by atoms with Gasteiger partial charge in [-0.05, 0) is 25.8 Å². The Kier molecular flexibility index (Phi) is 2.66. The van der Waals surface area contributed by atoms with E-state index >= 15 is 0 Å². The molecule has 1 fully saturated rings. The lowest BCUT2D eigenvalue weighted by Gasteiger charge is -2.06. The monoisotopic (exact) mass is 209 g/mol. The summed E-state index contributed by atoms with van der Waals surface area (Å²) in [7, 11) is 0. The lowest BCUT2D eigenvalue weighted by atomic mass is 10.1. The van der Waals surface area contributed by atoms with Crippen molar-refractivity contribution in [3.8, 4) is 0 Å². The van der Waals surface area contributed by atoms with Gasteiger partial charge in [0, 0.05) is 5.92 Å². The van der Waals surface area contributed by atoms with Crippen molar-refractivity contribution in [1.29, 1.82) is 0 Å². The fourth-order valence-corrected chi connectivity index (χ4v) is 1.50. The van der Waals surface area contributed by atoms with Gasteiger partial charge >= 0.3 is 5.97 Å². The number of aromatic nitrogens is 1. The van der Waals surface area contributed by atoms with Gasteiger partial charge in [0.2, 0.25) is 0 Å². The Morgan fingerprint density at radius 1 is 1.67 bits per heavy atom. The van der Waals surface area contributed by atoms with Gasteiger partial charge in [0.25, 0.3) is 0 Å². The number of ether oxygens (including phenoxy) is 1. The van der Waals surface area contributed by atoms with Crippen LogP contribution < -0.4 is 0 Å². The van der Waals surface area contributed by atoms with E-state index in [0.717, 1.165) is 19.0 Å². The van der Waals surface area contributed by atoms with Gasteiger partial charge in [-0.25, -0.2) is 9.18 Å². The van der Waals surface area contributed by atoms with E-state index in [4.69, 9.17) is 4.74 Å². The summed E-state index contributed by atoms with van der Waals surface area (Å²) in [6.45, 7) is 2.01. The van der Waals surface area contributed by atoms with Crippen LogP contribution in [-0.4, -0.2) is 17.6 Å². The summed E-state index contributed by atoms with van der Waals surface area (Å²) >= 11 is 0. The zero-order chi connectivity index (χ0) is 10.8. The Morgan fingerprint density at radius 2 is 2.40 bits per heavy atom. The second-order valence-electron chi connectivity index (χ2n) is 3.58. The van der Waals surface area contributed by atoms with E-state index in [2.05, 4.69) is 4.98 Å². The van der Waals surface area contributed by atoms with E-state index in [9.17, 15) is 9.18 Å². The van der Waals surface area contributed by atoms with Gasteiger partial charge in [-0.2, -0.15) is 0 Å². The standard InChI is InChI=1S/C11H12FNO2/c1-2-15-11(14)9-5-8(12)6-13-10(9)7-3-4-7/h5-7H,2-4H2,1H3. The summed E-state index contributed by atoms with van der Waals surface area (Å²) in [5.74, 6) is -0.668. The van der Waals surface area contributed by atoms with Crippen molar-refractivity contribution in [2.24, 2.45) is 0 Å². The molecule has 1 saturated carbocycles. The number of carbonyl (C=O) groups is 1. The van der Waals surface area contributed by atoms with E-state index in [0.29, 0.717) is 18.2 Å². The molecule has 1 heterocycles. The summed E-state index contributed by atoms with van der Waals surface area (Å²) in [5.41, 5.74) is 0.953. The van der Waals surface area contributed by atoms with Gasteiger partial charge in [0.05, 0.1) is 24.1 Å². The summed E-state index contributed by atoms with van der Waals surface area (Å²) in [6, 6.07) is 1.21. The average molecular weight is 209 g/mol. The third-order valence-electron chi connectivity index (χ3n) is 2.34. The normalized spacial score (nSPS) is 15.1. The van der Waals surface area contributed by atoms with Crippen LogP contribution in [-0.2, 0) is 4.74 Å². The Hall–Kier alpha value is -1.45. The minimum absolute atomic E-state index is 0.277.